The molecule has 1 aliphatic heterocycles. The summed E-state index contributed by atoms with van der Waals surface area (Å²) in [6, 6.07) is 0. The van der Waals surface area contributed by atoms with Crippen molar-refractivity contribution in [1.29, 1.82) is 0 Å². The van der Waals surface area contributed by atoms with E-state index < -0.39 is 0 Å². The lowest BCUT2D eigenvalue weighted by Gasteiger charge is -2.30. The molecule has 0 amide bonds. The fourth-order valence-electron chi connectivity index (χ4n) is 2.77. The Bertz CT molecular complexity index is 259. The van der Waals surface area contributed by atoms with Gasteiger partial charge in [-0.05, 0) is 45.1 Å². The van der Waals surface area contributed by atoms with E-state index in [-0.39, 0.29) is 17.5 Å². The number of ether oxygens (including phenoxy) is 1. The van der Waals surface area contributed by atoms with Crippen LogP contribution >= 0.6 is 0 Å². The van der Waals surface area contributed by atoms with E-state index in [1.54, 1.807) is 0 Å². The van der Waals surface area contributed by atoms with E-state index in [2.05, 4.69) is 12.2 Å². The van der Waals surface area contributed by atoms with Crippen molar-refractivity contribution in [2.45, 2.75) is 52.1 Å². The van der Waals surface area contributed by atoms with Gasteiger partial charge in [-0.3, -0.25) is 4.79 Å². The molecule has 3 atom stereocenters. The predicted molar refractivity (Wildman–Crippen MR) is 63.1 cm³/mol. The zero-order valence-electron chi connectivity index (χ0n) is 10.4. The van der Waals surface area contributed by atoms with Crippen molar-refractivity contribution in [3.8, 4) is 0 Å². The molecule has 2 aliphatic rings. The Morgan fingerprint density at radius 1 is 1.44 bits per heavy atom. The van der Waals surface area contributed by atoms with Gasteiger partial charge in [0.15, 0.2) is 0 Å². The second kappa shape index (κ2) is 4.74. The molecule has 2 fully saturated rings. The van der Waals surface area contributed by atoms with E-state index in [4.69, 9.17) is 4.74 Å². The Labute approximate surface area is 97.9 Å². The maximum absolute atomic E-state index is 12.1. The summed E-state index contributed by atoms with van der Waals surface area (Å²) in [5, 5.41) is 3.24. The third-order valence-electron chi connectivity index (χ3n) is 4.02. The number of carbonyl (C=O) groups excluding carboxylic acids is 1. The van der Waals surface area contributed by atoms with E-state index in [0.717, 1.165) is 32.4 Å². The SMILES string of the molecule is CC1CCCC(OC(=O)C2(C)CCNC2)C1. The topological polar surface area (TPSA) is 38.3 Å². The lowest BCUT2D eigenvalue weighted by Crippen LogP contribution is -2.36. The predicted octanol–water partition coefficient (Wildman–Crippen LogP) is 2.11. The Morgan fingerprint density at radius 3 is 2.88 bits per heavy atom. The van der Waals surface area contributed by atoms with Crippen LogP contribution in [0.25, 0.3) is 0 Å². The molecule has 0 radical (unpaired) electrons. The smallest absolute Gasteiger partial charge is 0.313 e. The normalized spacial score (nSPS) is 39.6. The third kappa shape index (κ3) is 2.57. The van der Waals surface area contributed by atoms with Gasteiger partial charge in [0.2, 0.25) is 0 Å². The highest BCUT2D eigenvalue weighted by atomic mass is 16.5. The van der Waals surface area contributed by atoms with Crippen LogP contribution in [0.4, 0.5) is 0 Å². The van der Waals surface area contributed by atoms with Crippen LogP contribution in [0.3, 0.4) is 0 Å². The standard InChI is InChI=1S/C13H23NO2/c1-10-4-3-5-11(8-10)16-12(15)13(2)6-7-14-9-13/h10-11,14H,3-9H2,1-2H3. The van der Waals surface area contributed by atoms with Crippen LogP contribution in [-0.2, 0) is 9.53 Å². The summed E-state index contributed by atoms with van der Waals surface area (Å²) in [6.45, 7) is 5.97. The summed E-state index contributed by atoms with van der Waals surface area (Å²) in [6.07, 6.45) is 5.68. The summed E-state index contributed by atoms with van der Waals surface area (Å²) in [4.78, 5) is 12.1. The summed E-state index contributed by atoms with van der Waals surface area (Å²) < 4.78 is 5.67. The molecule has 3 nitrogen and oxygen atoms in total. The number of hydrogen-bond donors (Lipinski definition) is 1. The highest BCUT2D eigenvalue weighted by Crippen LogP contribution is 2.31. The molecule has 0 aromatic rings. The maximum Gasteiger partial charge on any atom is 0.313 e. The van der Waals surface area contributed by atoms with Gasteiger partial charge in [0, 0.05) is 6.54 Å². The fraction of sp³-hybridized carbons (Fsp3) is 0.923. The fourth-order valence-corrected chi connectivity index (χ4v) is 2.77. The van der Waals surface area contributed by atoms with Crippen molar-refractivity contribution in [2.24, 2.45) is 11.3 Å². The maximum atomic E-state index is 12.1. The minimum atomic E-state index is -0.277. The molecule has 1 saturated carbocycles. The molecule has 0 aromatic heterocycles. The first-order valence-corrected chi connectivity index (χ1v) is 6.52. The highest BCUT2D eigenvalue weighted by Gasteiger charge is 2.39. The Morgan fingerprint density at radius 2 is 2.25 bits per heavy atom. The van der Waals surface area contributed by atoms with Crippen LogP contribution < -0.4 is 5.32 Å². The van der Waals surface area contributed by atoms with E-state index in [9.17, 15) is 4.79 Å². The summed E-state index contributed by atoms with van der Waals surface area (Å²) >= 11 is 0. The van der Waals surface area contributed by atoms with Gasteiger partial charge in [-0.15, -0.1) is 0 Å². The van der Waals surface area contributed by atoms with Crippen LogP contribution in [0.1, 0.15) is 46.0 Å². The molecule has 1 heterocycles. The molecule has 92 valence electrons. The van der Waals surface area contributed by atoms with Gasteiger partial charge in [0.1, 0.15) is 6.10 Å². The zero-order chi connectivity index (χ0) is 11.6. The first-order chi connectivity index (χ1) is 7.60. The van der Waals surface area contributed by atoms with Crippen molar-refractivity contribution in [2.75, 3.05) is 13.1 Å². The molecule has 16 heavy (non-hydrogen) atoms. The van der Waals surface area contributed by atoms with Crippen LogP contribution in [0, 0.1) is 11.3 Å². The highest BCUT2D eigenvalue weighted by molar-refractivity contribution is 5.77. The van der Waals surface area contributed by atoms with Crippen molar-refractivity contribution >= 4 is 5.97 Å². The molecule has 0 spiro atoms. The lowest BCUT2D eigenvalue weighted by molar-refractivity contribution is -0.161. The second-order valence-corrected chi connectivity index (χ2v) is 5.79. The van der Waals surface area contributed by atoms with Crippen molar-refractivity contribution < 1.29 is 9.53 Å². The zero-order valence-corrected chi connectivity index (χ0v) is 10.4. The minimum Gasteiger partial charge on any atom is -0.462 e. The molecule has 0 bridgehead atoms. The second-order valence-electron chi connectivity index (χ2n) is 5.79. The Kier molecular flexibility index (Phi) is 3.53. The van der Waals surface area contributed by atoms with Gasteiger partial charge in [0.05, 0.1) is 5.41 Å². The average molecular weight is 225 g/mol. The monoisotopic (exact) mass is 225 g/mol. The minimum absolute atomic E-state index is 0.0107. The summed E-state index contributed by atoms with van der Waals surface area (Å²) in [5.41, 5.74) is -0.277. The number of esters is 1. The van der Waals surface area contributed by atoms with Crippen LogP contribution in [0.15, 0.2) is 0 Å². The van der Waals surface area contributed by atoms with E-state index in [1.807, 2.05) is 6.92 Å². The van der Waals surface area contributed by atoms with Gasteiger partial charge in [-0.25, -0.2) is 0 Å². The molecule has 3 heteroatoms. The van der Waals surface area contributed by atoms with Crippen LogP contribution in [-0.4, -0.2) is 25.2 Å². The Hall–Kier alpha value is -0.570. The molecule has 0 aromatic carbocycles. The van der Waals surface area contributed by atoms with Gasteiger partial charge >= 0.3 is 5.97 Å². The molecule has 1 saturated heterocycles. The van der Waals surface area contributed by atoms with E-state index >= 15 is 0 Å². The molecule has 2 rings (SSSR count). The molecular weight excluding hydrogens is 202 g/mol. The van der Waals surface area contributed by atoms with Crippen LogP contribution in [0.5, 0.6) is 0 Å². The van der Waals surface area contributed by atoms with E-state index in [0.29, 0.717) is 5.92 Å². The molecule has 1 N–H and O–H groups in total. The quantitative estimate of drug-likeness (QED) is 0.731. The molecular formula is C13H23NO2. The first-order valence-electron chi connectivity index (χ1n) is 6.52. The van der Waals surface area contributed by atoms with E-state index in [1.165, 1.54) is 12.8 Å². The van der Waals surface area contributed by atoms with Gasteiger partial charge < -0.3 is 10.1 Å². The third-order valence-corrected chi connectivity index (χ3v) is 4.02. The van der Waals surface area contributed by atoms with Crippen molar-refractivity contribution in [1.82, 2.24) is 5.32 Å². The summed E-state index contributed by atoms with van der Waals surface area (Å²) in [5.74, 6) is 0.720. The first kappa shape index (κ1) is 11.9. The number of hydrogen-bond acceptors (Lipinski definition) is 3. The number of carbonyl (C=O) groups is 1. The average Bonchev–Trinajstić information content (AvgIpc) is 2.66. The molecule has 1 aliphatic carbocycles. The van der Waals surface area contributed by atoms with Gasteiger partial charge in [-0.2, -0.15) is 0 Å². The Balaban J connectivity index is 1.86. The lowest BCUT2D eigenvalue weighted by atomic mass is 9.87. The van der Waals surface area contributed by atoms with Crippen LogP contribution in [0.2, 0.25) is 0 Å². The number of rotatable bonds is 2. The van der Waals surface area contributed by atoms with Crippen molar-refractivity contribution in [3.63, 3.8) is 0 Å². The van der Waals surface area contributed by atoms with Gasteiger partial charge in [0.25, 0.3) is 0 Å². The van der Waals surface area contributed by atoms with Crippen molar-refractivity contribution in [3.05, 3.63) is 0 Å². The number of nitrogens with one attached hydrogen (secondary N) is 1. The summed E-state index contributed by atoms with van der Waals surface area (Å²) in [7, 11) is 0. The van der Waals surface area contributed by atoms with Gasteiger partial charge in [-0.1, -0.05) is 13.3 Å². The molecule has 3 unspecified atom stereocenters. The largest absolute Gasteiger partial charge is 0.462 e.